The fourth-order valence-electron chi connectivity index (χ4n) is 1.56. The molecule has 0 fully saturated rings. The van der Waals surface area contributed by atoms with E-state index < -0.39 is 0 Å². The van der Waals surface area contributed by atoms with Gasteiger partial charge in [-0.1, -0.05) is 45.1 Å². The summed E-state index contributed by atoms with van der Waals surface area (Å²) in [6.45, 7) is 1.87. The zero-order valence-corrected chi connectivity index (χ0v) is 15.1. The Labute approximate surface area is 140 Å². The Morgan fingerprint density at radius 1 is 1.43 bits per heavy atom. The molecule has 0 bridgehead atoms. The van der Waals surface area contributed by atoms with Crippen LogP contribution in [0.2, 0.25) is 0 Å². The summed E-state index contributed by atoms with van der Waals surface area (Å²) >= 11 is 6.28. The average molecular weight is 387 g/mol. The maximum Gasteiger partial charge on any atom is 0.235 e. The maximum absolute atomic E-state index is 11.8. The van der Waals surface area contributed by atoms with Crippen molar-refractivity contribution in [2.24, 2.45) is 0 Å². The van der Waals surface area contributed by atoms with Crippen LogP contribution in [-0.4, -0.2) is 40.3 Å². The molecule has 2 aromatic rings. The molecule has 0 aliphatic carbocycles. The number of rotatable bonds is 5. The molecule has 2 rings (SSSR count). The number of nitrogens with zero attached hydrogens (tertiary/aromatic N) is 3. The number of nitrogens with one attached hydrogen (secondary N) is 1. The topological polar surface area (TPSA) is 58.1 Å². The Morgan fingerprint density at radius 2 is 2.19 bits per heavy atom. The molecular weight excluding hydrogens is 372 g/mol. The molecule has 0 saturated carbocycles. The highest BCUT2D eigenvalue weighted by Crippen LogP contribution is 2.31. The Kier molecular flexibility index (Phi) is 5.60. The van der Waals surface area contributed by atoms with Crippen LogP contribution in [0.25, 0.3) is 0 Å². The van der Waals surface area contributed by atoms with Crippen LogP contribution in [0.5, 0.6) is 0 Å². The van der Waals surface area contributed by atoms with E-state index in [9.17, 15) is 4.79 Å². The van der Waals surface area contributed by atoms with Crippen LogP contribution >= 0.6 is 39.0 Å². The van der Waals surface area contributed by atoms with Gasteiger partial charge in [-0.2, -0.15) is 0 Å². The Bertz CT molecular complexity index is 632. The average Bonchev–Trinajstić information content (AvgIpc) is 2.84. The molecule has 1 aromatic heterocycles. The van der Waals surface area contributed by atoms with Crippen molar-refractivity contribution in [2.75, 3.05) is 19.4 Å². The summed E-state index contributed by atoms with van der Waals surface area (Å²) in [5, 5.41) is 11.9. The fraction of sp³-hybridized carbons (Fsp3) is 0.308. The summed E-state index contributed by atoms with van der Waals surface area (Å²) in [4.78, 5) is 13.4. The predicted molar refractivity (Wildman–Crippen MR) is 91.3 cm³/mol. The van der Waals surface area contributed by atoms with Crippen molar-refractivity contribution in [1.82, 2.24) is 15.1 Å². The fourth-order valence-corrected chi connectivity index (χ4v) is 4.02. The number of hydrogen-bond acceptors (Lipinski definition) is 6. The van der Waals surface area contributed by atoms with Crippen molar-refractivity contribution in [3.63, 3.8) is 0 Å². The van der Waals surface area contributed by atoms with Gasteiger partial charge in [0.05, 0.1) is 5.25 Å². The summed E-state index contributed by atoms with van der Waals surface area (Å²) in [6, 6.07) is 7.83. The van der Waals surface area contributed by atoms with E-state index in [2.05, 4.69) is 31.4 Å². The largest absolute Gasteiger partial charge is 0.348 e. The second-order valence-electron chi connectivity index (χ2n) is 4.50. The molecule has 112 valence electrons. The Balaban J connectivity index is 2.00. The van der Waals surface area contributed by atoms with Crippen LogP contribution in [-0.2, 0) is 4.79 Å². The number of amides is 1. The Hall–Kier alpha value is -1.12. The number of benzene rings is 1. The third kappa shape index (κ3) is 4.69. The highest BCUT2D eigenvalue weighted by atomic mass is 79.9. The van der Waals surface area contributed by atoms with Gasteiger partial charge in [0.25, 0.3) is 0 Å². The van der Waals surface area contributed by atoms with Crippen molar-refractivity contribution in [2.45, 2.75) is 16.5 Å². The standard InChI is InChI=1S/C13H15BrN4OS2/c1-8(11(19)18(2)3)20-13-17-16-12(21-13)15-10-6-4-5-9(14)7-10/h4-8H,1-3H3,(H,15,16). The lowest BCUT2D eigenvalue weighted by Crippen LogP contribution is -2.29. The lowest BCUT2D eigenvalue weighted by atomic mass is 10.3. The molecule has 5 nitrogen and oxygen atoms in total. The van der Waals surface area contributed by atoms with Crippen LogP contribution in [0.1, 0.15) is 6.92 Å². The lowest BCUT2D eigenvalue weighted by molar-refractivity contribution is -0.127. The third-order valence-corrected chi connectivity index (χ3v) is 5.05. The van der Waals surface area contributed by atoms with Crippen LogP contribution in [0.4, 0.5) is 10.8 Å². The van der Waals surface area contributed by atoms with Gasteiger partial charge in [0, 0.05) is 24.3 Å². The van der Waals surface area contributed by atoms with Crippen molar-refractivity contribution in [3.05, 3.63) is 28.7 Å². The summed E-state index contributed by atoms with van der Waals surface area (Å²) in [6.07, 6.45) is 0. The second-order valence-corrected chi connectivity index (χ2v) is 7.98. The van der Waals surface area contributed by atoms with E-state index in [1.54, 1.807) is 19.0 Å². The normalized spacial score (nSPS) is 12.0. The van der Waals surface area contributed by atoms with Crippen LogP contribution in [0, 0.1) is 0 Å². The first-order valence-electron chi connectivity index (χ1n) is 6.19. The number of carbonyl (C=O) groups excluding carboxylic acids is 1. The Morgan fingerprint density at radius 3 is 2.86 bits per heavy atom. The predicted octanol–water partition coefficient (Wildman–Crippen LogP) is 3.61. The lowest BCUT2D eigenvalue weighted by Gasteiger charge is -2.14. The van der Waals surface area contributed by atoms with Crippen molar-refractivity contribution >= 4 is 55.8 Å². The van der Waals surface area contributed by atoms with Gasteiger partial charge in [-0.15, -0.1) is 10.2 Å². The van der Waals surface area contributed by atoms with Crippen LogP contribution in [0.15, 0.2) is 33.1 Å². The molecule has 1 unspecified atom stereocenters. The molecule has 1 heterocycles. The number of anilines is 2. The molecule has 1 N–H and O–H groups in total. The molecule has 0 saturated heterocycles. The van der Waals surface area contributed by atoms with Gasteiger partial charge < -0.3 is 10.2 Å². The third-order valence-electron chi connectivity index (χ3n) is 2.55. The first kappa shape index (κ1) is 16.3. The van der Waals surface area contributed by atoms with E-state index >= 15 is 0 Å². The van der Waals surface area contributed by atoms with Gasteiger partial charge in [0.1, 0.15) is 0 Å². The van der Waals surface area contributed by atoms with Gasteiger partial charge in [0.15, 0.2) is 4.34 Å². The molecule has 1 atom stereocenters. The van der Waals surface area contributed by atoms with Crippen LogP contribution in [0.3, 0.4) is 0 Å². The quantitative estimate of drug-likeness (QED) is 0.795. The van der Waals surface area contributed by atoms with Crippen molar-refractivity contribution in [1.29, 1.82) is 0 Å². The minimum absolute atomic E-state index is 0.0664. The minimum Gasteiger partial charge on any atom is -0.348 e. The number of thioether (sulfide) groups is 1. The molecule has 21 heavy (non-hydrogen) atoms. The minimum atomic E-state index is -0.174. The second kappa shape index (κ2) is 7.24. The molecule has 0 aliphatic rings. The van der Waals surface area contributed by atoms with Gasteiger partial charge in [-0.3, -0.25) is 4.79 Å². The highest BCUT2D eigenvalue weighted by molar-refractivity contribution is 9.10. The molecule has 0 aliphatic heterocycles. The molecule has 1 aromatic carbocycles. The van der Waals surface area contributed by atoms with Gasteiger partial charge in [0.2, 0.25) is 11.0 Å². The maximum atomic E-state index is 11.8. The van der Waals surface area contributed by atoms with E-state index in [0.717, 1.165) is 14.5 Å². The van der Waals surface area contributed by atoms with Gasteiger partial charge in [-0.25, -0.2) is 0 Å². The highest BCUT2D eigenvalue weighted by Gasteiger charge is 2.18. The first-order valence-corrected chi connectivity index (χ1v) is 8.68. The van der Waals surface area contributed by atoms with Gasteiger partial charge in [-0.05, 0) is 25.1 Å². The first-order chi connectivity index (χ1) is 9.95. The van der Waals surface area contributed by atoms with Crippen molar-refractivity contribution < 1.29 is 4.79 Å². The van der Waals surface area contributed by atoms with Crippen LogP contribution < -0.4 is 5.32 Å². The summed E-state index contributed by atoms with van der Waals surface area (Å²) < 4.78 is 1.77. The van der Waals surface area contributed by atoms with E-state index in [4.69, 9.17) is 0 Å². The van der Waals surface area contributed by atoms with E-state index in [1.165, 1.54) is 23.1 Å². The molecular formula is C13H15BrN4OS2. The number of aromatic nitrogens is 2. The van der Waals surface area contributed by atoms with E-state index in [1.807, 2.05) is 31.2 Å². The van der Waals surface area contributed by atoms with Crippen molar-refractivity contribution in [3.8, 4) is 0 Å². The monoisotopic (exact) mass is 386 g/mol. The molecule has 8 heteroatoms. The summed E-state index contributed by atoms with van der Waals surface area (Å²) in [7, 11) is 3.50. The molecule has 0 spiro atoms. The zero-order valence-electron chi connectivity index (χ0n) is 11.8. The molecule has 0 radical (unpaired) electrons. The smallest absolute Gasteiger partial charge is 0.235 e. The van der Waals surface area contributed by atoms with E-state index in [-0.39, 0.29) is 11.2 Å². The number of hydrogen-bond donors (Lipinski definition) is 1. The molecule has 1 amide bonds. The number of halogens is 1. The summed E-state index contributed by atoms with van der Waals surface area (Å²) in [5.41, 5.74) is 0.939. The zero-order chi connectivity index (χ0) is 15.4. The van der Waals surface area contributed by atoms with Gasteiger partial charge >= 0.3 is 0 Å². The SMILES string of the molecule is CC(Sc1nnc(Nc2cccc(Br)c2)s1)C(=O)N(C)C. The summed E-state index contributed by atoms with van der Waals surface area (Å²) in [5.74, 6) is 0.0664. The number of carbonyl (C=O) groups is 1. The van der Waals surface area contributed by atoms with E-state index in [0.29, 0.717) is 5.13 Å².